The van der Waals surface area contributed by atoms with Crippen molar-refractivity contribution >= 4 is 21.9 Å². The number of anilines is 1. The van der Waals surface area contributed by atoms with Gasteiger partial charge in [0.15, 0.2) is 0 Å². The summed E-state index contributed by atoms with van der Waals surface area (Å²) in [6, 6.07) is 5.54. The fourth-order valence-electron chi connectivity index (χ4n) is 4.22. The van der Waals surface area contributed by atoms with E-state index in [0.29, 0.717) is 0 Å². The molecule has 16 heteroatoms. The quantitative estimate of drug-likeness (QED) is 0.274. The molecule has 2 aromatic heterocycles. The molecule has 0 spiro atoms. The van der Waals surface area contributed by atoms with Crippen molar-refractivity contribution < 1.29 is 40.8 Å². The van der Waals surface area contributed by atoms with Crippen molar-refractivity contribution in [2.45, 2.75) is 37.4 Å². The van der Waals surface area contributed by atoms with E-state index in [9.17, 15) is 36.6 Å². The Labute approximate surface area is 214 Å². The van der Waals surface area contributed by atoms with Crippen LogP contribution >= 0.6 is 0 Å². The summed E-state index contributed by atoms with van der Waals surface area (Å²) in [6.07, 6.45) is -3.47. The lowest BCUT2D eigenvalue weighted by Crippen LogP contribution is -2.36. The molecule has 1 aliphatic carbocycles. The van der Waals surface area contributed by atoms with Gasteiger partial charge in [0.25, 0.3) is 0 Å². The van der Waals surface area contributed by atoms with Crippen molar-refractivity contribution in [3.05, 3.63) is 71.4 Å². The van der Waals surface area contributed by atoms with Gasteiger partial charge in [-0.1, -0.05) is 18.2 Å². The highest BCUT2D eigenvalue weighted by Gasteiger charge is 2.42. The van der Waals surface area contributed by atoms with E-state index in [-0.39, 0.29) is 35.6 Å². The lowest BCUT2D eigenvalue weighted by molar-refractivity contribution is -0.138. The number of nitrogens with two attached hydrogens (primary N) is 1. The molecule has 5 N–H and O–H groups in total. The number of nitrogens with one attached hydrogen (secondary N) is 1. The Morgan fingerprint density at radius 2 is 1.95 bits per heavy atom. The maximum atomic E-state index is 13.3. The molecule has 38 heavy (non-hydrogen) atoms. The van der Waals surface area contributed by atoms with Crippen LogP contribution in [0.2, 0.25) is 0 Å². The lowest BCUT2D eigenvalue weighted by Gasteiger charge is -2.19. The molecule has 3 aromatic rings. The van der Waals surface area contributed by atoms with Crippen LogP contribution in [-0.4, -0.2) is 69.0 Å². The standard InChI is InChI=1S/C22H23F3N6O6S/c23-22(24,25)15-4-2-1-3-12(15)9-31-6-5-16(30-31)19(33)14-8-27-11-28-21(14)29-17-7-13(18(32)20(17)34)10-37-38(26,35)36/h1-6,8,11,13,17-18,20,32,34H,7,9-10H2,(H2,26,35,36)(H,27,28,29). The Kier molecular flexibility index (Phi) is 7.80. The number of halogens is 3. The summed E-state index contributed by atoms with van der Waals surface area (Å²) in [5, 5.41) is 32.5. The molecular weight excluding hydrogens is 533 g/mol. The van der Waals surface area contributed by atoms with Gasteiger partial charge in [-0.05, 0) is 24.1 Å². The van der Waals surface area contributed by atoms with Gasteiger partial charge in [0, 0.05) is 18.3 Å². The average molecular weight is 557 g/mol. The number of carbonyl (C=O) groups is 1. The second kappa shape index (κ2) is 10.7. The van der Waals surface area contributed by atoms with Crippen LogP contribution in [0.25, 0.3) is 0 Å². The summed E-state index contributed by atoms with van der Waals surface area (Å²) in [5.41, 5.74) is -0.961. The SMILES string of the molecule is NS(=O)(=O)OCC1CC(Nc2ncncc2C(=O)c2ccn(Cc3ccccc3C(F)(F)F)n2)C(O)C1O. The van der Waals surface area contributed by atoms with E-state index in [1.54, 1.807) is 0 Å². The Morgan fingerprint density at radius 3 is 2.66 bits per heavy atom. The molecule has 1 fully saturated rings. The van der Waals surface area contributed by atoms with Crippen molar-refractivity contribution in [3.8, 4) is 0 Å². The van der Waals surface area contributed by atoms with Crippen LogP contribution in [0.5, 0.6) is 0 Å². The fourth-order valence-corrected chi connectivity index (χ4v) is 4.58. The van der Waals surface area contributed by atoms with Crippen molar-refractivity contribution in [3.63, 3.8) is 0 Å². The van der Waals surface area contributed by atoms with Gasteiger partial charge in [-0.2, -0.15) is 26.7 Å². The number of carbonyl (C=O) groups excluding carboxylic acids is 1. The monoisotopic (exact) mass is 556 g/mol. The summed E-state index contributed by atoms with van der Waals surface area (Å²) in [4.78, 5) is 21.0. The zero-order valence-corrected chi connectivity index (χ0v) is 20.3. The molecule has 0 saturated heterocycles. The first-order valence-electron chi connectivity index (χ1n) is 11.2. The van der Waals surface area contributed by atoms with Crippen LogP contribution in [0.1, 0.15) is 33.6 Å². The van der Waals surface area contributed by atoms with Crippen molar-refractivity contribution in [2.24, 2.45) is 11.1 Å². The molecule has 0 bridgehead atoms. The minimum Gasteiger partial charge on any atom is -0.390 e. The first kappa shape index (κ1) is 27.6. The molecule has 2 heterocycles. The number of rotatable bonds is 9. The third-order valence-electron chi connectivity index (χ3n) is 6.06. The molecule has 12 nitrogen and oxygen atoms in total. The summed E-state index contributed by atoms with van der Waals surface area (Å²) >= 11 is 0. The number of ketones is 1. The number of alkyl halides is 3. The second-order valence-electron chi connectivity index (χ2n) is 8.67. The number of hydrogen-bond acceptors (Lipinski definition) is 10. The van der Waals surface area contributed by atoms with Gasteiger partial charge < -0.3 is 15.5 Å². The van der Waals surface area contributed by atoms with Gasteiger partial charge in [-0.25, -0.2) is 15.1 Å². The van der Waals surface area contributed by atoms with Gasteiger partial charge >= 0.3 is 16.5 Å². The van der Waals surface area contributed by atoms with Gasteiger partial charge in [0.2, 0.25) is 5.78 Å². The second-order valence-corrected chi connectivity index (χ2v) is 9.89. The molecular formula is C22H23F3N6O6S. The van der Waals surface area contributed by atoms with Crippen LogP contribution in [0, 0.1) is 5.92 Å². The van der Waals surface area contributed by atoms with E-state index >= 15 is 0 Å². The lowest BCUT2D eigenvalue weighted by atomic mass is 10.1. The Bertz CT molecular complexity index is 1420. The van der Waals surface area contributed by atoms with E-state index in [4.69, 9.17) is 5.14 Å². The molecule has 4 rings (SSSR count). The first-order chi connectivity index (χ1) is 17.8. The maximum Gasteiger partial charge on any atom is 0.416 e. The largest absolute Gasteiger partial charge is 0.416 e. The van der Waals surface area contributed by atoms with Crippen molar-refractivity contribution in [1.82, 2.24) is 19.7 Å². The molecule has 0 amide bonds. The molecule has 0 radical (unpaired) electrons. The van der Waals surface area contributed by atoms with E-state index < -0.39 is 58.6 Å². The van der Waals surface area contributed by atoms with E-state index in [1.807, 2.05) is 0 Å². The van der Waals surface area contributed by atoms with Gasteiger partial charge in [-0.15, -0.1) is 0 Å². The molecule has 4 unspecified atom stereocenters. The summed E-state index contributed by atoms with van der Waals surface area (Å²) < 4.78 is 67.8. The van der Waals surface area contributed by atoms with Crippen LogP contribution in [0.15, 0.2) is 49.1 Å². The summed E-state index contributed by atoms with van der Waals surface area (Å²) in [5.74, 6) is -1.42. The number of aromatic nitrogens is 4. The minimum atomic E-state index is -4.55. The van der Waals surface area contributed by atoms with E-state index in [2.05, 4.69) is 24.6 Å². The third kappa shape index (κ3) is 6.33. The zero-order chi connectivity index (χ0) is 27.7. The van der Waals surface area contributed by atoms with Gasteiger partial charge in [0.1, 0.15) is 23.9 Å². The maximum absolute atomic E-state index is 13.3. The minimum absolute atomic E-state index is 0.00577. The predicted molar refractivity (Wildman–Crippen MR) is 125 cm³/mol. The van der Waals surface area contributed by atoms with E-state index in [1.165, 1.54) is 41.3 Å². The third-order valence-corrected chi connectivity index (χ3v) is 6.52. The van der Waals surface area contributed by atoms with Crippen LogP contribution in [0.4, 0.5) is 19.0 Å². The van der Waals surface area contributed by atoms with Crippen LogP contribution in [-0.2, 0) is 27.2 Å². The first-order valence-corrected chi connectivity index (χ1v) is 12.6. The van der Waals surface area contributed by atoms with Gasteiger partial charge in [-0.3, -0.25) is 13.7 Å². The van der Waals surface area contributed by atoms with Crippen LogP contribution in [0.3, 0.4) is 0 Å². The topological polar surface area (TPSA) is 183 Å². The number of aliphatic hydroxyl groups is 2. The number of hydrogen-bond donors (Lipinski definition) is 4. The molecule has 204 valence electrons. The highest BCUT2D eigenvalue weighted by atomic mass is 32.2. The van der Waals surface area contributed by atoms with Gasteiger partial charge in [0.05, 0.1) is 36.4 Å². The average Bonchev–Trinajstić information content (AvgIpc) is 3.42. The summed E-state index contributed by atoms with van der Waals surface area (Å²) in [6.45, 7) is -0.687. The number of aliphatic hydroxyl groups excluding tert-OH is 2. The normalized spacial score (nSPS) is 21.9. The molecule has 1 aromatic carbocycles. The van der Waals surface area contributed by atoms with Crippen molar-refractivity contribution in [2.75, 3.05) is 11.9 Å². The number of benzene rings is 1. The zero-order valence-electron chi connectivity index (χ0n) is 19.5. The predicted octanol–water partition coefficient (Wildman–Crippen LogP) is 0.714. The molecule has 1 saturated carbocycles. The number of nitrogens with zero attached hydrogens (tertiary/aromatic N) is 4. The molecule has 1 aliphatic rings. The smallest absolute Gasteiger partial charge is 0.390 e. The molecule has 4 atom stereocenters. The molecule has 0 aliphatic heterocycles. The highest BCUT2D eigenvalue weighted by Crippen LogP contribution is 2.32. The Hall–Kier alpha value is -3.44. The summed E-state index contributed by atoms with van der Waals surface area (Å²) in [7, 11) is -4.25. The van der Waals surface area contributed by atoms with E-state index in [0.717, 1.165) is 12.4 Å². The highest BCUT2D eigenvalue weighted by molar-refractivity contribution is 7.84. The Balaban J connectivity index is 1.50. The van der Waals surface area contributed by atoms with Crippen LogP contribution < -0.4 is 10.5 Å². The Morgan fingerprint density at radius 1 is 1.21 bits per heavy atom. The fraction of sp³-hybridized carbons (Fsp3) is 0.364. The van der Waals surface area contributed by atoms with Crippen molar-refractivity contribution in [1.29, 1.82) is 0 Å².